The molecule has 1 heterocycles. The van der Waals surface area contributed by atoms with Crippen LogP contribution in [0, 0.1) is 11.8 Å². The highest BCUT2D eigenvalue weighted by Crippen LogP contribution is 2.50. The summed E-state index contributed by atoms with van der Waals surface area (Å²) in [6.45, 7) is 3.98. The minimum absolute atomic E-state index is 0.238. The summed E-state index contributed by atoms with van der Waals surface area (Å²) in [4.78, 5) is 25.6. The van der Waals surface area contributed by atoms with E-state index in [1.165, 1.54) is 0 Å². The molecule has 0 saturated carbocycles. The van der Waals surface area contributed by atoms with Crippen molar-refractivity contribution in [3.63, 3.8) is 0 Å². The molecule has 0 aromatic heterocycles. The summed E-state index contributed by atoms with van der Waals surface area (Å²) in [6.07, 6.45) is -1.16. The van der Waals surface area contributed by atoms with E-state index in [4.69, 9.17) is 14.2 Å². The summed E-state index contributed by atoms with van der Waals surface area (Å²) < 4.78 is 16.9. The Bertz CT molecular complexity index is 693. The first-order valence-electron chi connectivity index (χ1n) is 9.26. The predicted octanol–water partition coefficient (Wildman–Crippen LogP) is 3.86. The van der Waals surface area contributed by atoms with Gasteiger partial charge in [0.15, 0.2) is 0 Å². The molecule has 2 aromatic carbocycles. The van der Waals surface area contributed by atoms with Crippen LogP contribution in [0.25, 0.3) is 0 Å². The summed E-state index contributed by atoms with van der Waals surface area (Å²) in [5, 5.41) is 0. The number of hydrogen-bond acceptors (Lipinski definition) is 5. The van der Waals surface area contributed by atoms with E-state index in [1.807, 2.05) is 60.7 Å². The minimum Gasteiger partial charge on any atom is -0.466 e. The van der Waals surface area contributed by atoms with Crippen molar-refractivity contribution in [3.05, 3.63) is 71.8 Å². The van der Waals surface area contributed by atoms with Gasteiger partial charge in [-0.15, -0.1) is 0 Å². The van der Waals surface area contributed by atoms with Gasteiger partial charge in [0.05, 0.1) is 25.4 Å². The van der Waals surface area contributed by atoms with Crippen molar-refractivity contribution < 1.29 is 23.8 Å². The smallest absolute Gasteiger partial charge is 0.312 e. The Morgan fingerprint density at radius 3 is 1.44 bits per heavy atom. The average Bonchev–Trinajstić information content (AvgIpc) is 3.10. The van der Waals surface area contributed by atoms with Crippen LogP contribution in [-0.2, 0) is 23.8 Å². The number of hydrogen-bond donors (Lipinski definition) is 0. The second-order valence-electron chi connectivity index (χ2n) is 6.35. The standard InChI is InChI=1S/C22H24O5/c1-3-25-21(23)17-18(22(24)26-4-2)20(16-13-9-6-10-14-16)27-19(17)15-11-7-5-8-12-15/h5-14,17-20H,3-4H2,1-2H3/t17-,18+,19+,20-. The van der Waals surface area contributed by atoms with E-state index < -0.39 is 36.0 Å². The molecule has 1 fully saturated rings. The van der Waals surface area contributed by atoms with Crippen molar-refractivity contribution in [3.8, 4) is 0 Å². The third-order valence-corrected chi connectivity index (χ3v) is 4.71. The quantitative estimate of drug-likeness (QED) is 0.725. The summed E-state index contributed by atoms with van der Waals surface area (Å²) in [6, 6.07) is 18.9. The highest BCUT2D eigenvalue weighted by molar-refractivity contribution is 5.84. The van der Waals surface area contributed by atoms with Crippen molar-refractivity contribution >= 4 is 11.9 Å². The van der Waals surface area contributed by atoms with Gasteiger partial charge in [-0.1, -0.05) is 60.7 Å². The zero-order valence-corrected chi connectivity index (χ0v) is 15.5. The Kier molecular flexibility index (Phi) is 6.24. The zero-order chi connectivity index (χ0) is 19.2. The van der Waals surface area contributed by atoms with Gasteiger partial charge < -0.3 is 14.2 Å². The van der Waals surface area contributed by atoms with Gasteiger partial charge in [0, 0.05) is 0 Å². The Morgan fingerprint density at radius 2 is 1.11 bits per heavy atom. The van der Waals surface area contributed by atoms with Crippen molar-refractivity contribution in [2.24, 2.45) is 11.8 Å². The van der Waals surface area contributed by atoms with Gasteiger partial charge in [-0.2, -0.15) is 0 Å². The Labute approximate surface area is 159 Å². The first kappa shape index (κ1) is 19.1. The van der Waals surface area contributed by atoms with Crippen molar-refractivity contribution in [2.45, 2.75) is 26.1 Å². The van der Waals surface area contributed by atoms with E-state index in [2.05, 4.69) is 0 Å². The Hall–Kier alpha value is -2.66. The fourth-order valence-corrected chi connectivity index (χ4v) is 3.58. The lowest BCUT2D eigenvalue weighted by atomic mass is 9.82. The molecule has 0 radical (unpaired) electrons. The van der Waals surface area contributed by atoms with Crippen molar-refractivity contribution in [1.82, 2.24) is 0 Å². The largest absolute Gasteiger partial charge is 0.466 e. The first-order valence-corrected chi connectivity index (χ1v) is 9.26. The molecule has 0 spiro atoms. The number of carbonyl (C=O) groups is 2. The Balaban J connectivity index is 2.06. The van der Waals surface area contributed by atoms with Crippen LogP contribution in [0.5, 0.6) is 0 Å². The molecule has 4 atom stereocenters. The summed E-state index contributed by atoms with van der Waals surface area (Å²) in [5.41, 5.74) is 1.67. The van der Waals surface area contributed by atoms with Crippen LogP contribution in [0.1, 0.15) is 37.2 Å². The lowest BCUT2D eigenvalue weighted by Crippen LogP contribution is -2.33. The van der Waals surface area contributed by atoms with Crippen LogP contribution in [0.4, 0.5) is 0 Å². The van der Waals surface area contributed by atoms with Crippen molar-refractivity contribution in [2.75, 3.05) is 13.2 Å². The van der Waals surface area contributed by atoms with E-state index in [0.717, 1.165) is 11.1 Å². The summed E-state index contributed by atoms with van der Waals surface area (Å²) in [5.74, 6) is -2.42. The molecule has 5 heteroatoms. The molecule has 0 unspecified atom stereocenters. The first-order chi connectivity index (χ1) is 13.2. The van der Waals surface area contributed by atoms with Gasteiger partial charge in [0.2, 0.25) is 0 Å². The molecule has 5 nitrogen and oxygen atoms in total. The van der Waals surface area contributed by atoms with Crippen LogP contribution in [0.15, 0.2) is 60.7 Å². The molecule has 142 valence electrons. The van der Waals surface area contributed by atoms with Gasteiger partial charge in [0.25, 0.3) is 0 Å². The maximum Gasteiger partial charge on any atom is 0.312 e. The number of carbonyl (C=O) groups excluding carboxylic acids is 2. The van der Waals surface area contributed by atoms with Crippen molar-refractivity contribution in [1.29, 1.82) is 0 Å². The van der Waals surface area contributed by atoms with Crippen LogP contribution in [0.2, 0.25) is 0 Å². The number of ether oxygens (including phenoxy) is 3. The van der Waals surface area contributed by atoms with Gasteiger partial charge in [-0.3, -0.25) is 9.59 Å². The molecular weight excluding hydrogens is 344 g/mol. The maximum absolute atomic E-state index is 12.8. The third-order valence-electron chi connectivity index (χ3n) is 4.71. The molecular formula is C22H24O5. The van der Waals surface area contributed by atoms with Crippen LogP contribution < -0.4 is 0 Å². The van der Waals surface area contributed by atoms with E-state index in [1.54, 1.807) is 13.8 Å². The monoisotopic (exact) mass is 368 g/mol. The summed E-state index contributed by atoms with van der Waals surface area (Å²) >= 11 is 0. The molecule has 27 heavy (non-hydrogen) atoms. The molecule has 1 aliphatic heterocycles. The average molecular weight is 368 g/mol. The fraction of sp³-hybridized carbons (Fsp3) is 0.364. The lowest BCUT2D eigenvalue weighted by Gasteiger charge is -2.21. The summed E-state index contributed by atoms with van der Waals surface area (Å²) in [7, 11) is 0. The van der Waals surface area contributed by atoms with Crippen LogP contribution in [-0.4, -0.2) is 25.2 Å². The van der Waals surface area contributed by atoms with E-state index in [9.17, 15) is 9.59 Å². The predicted molar refractivity (Wildman–Crippen MR) is 99.7 cm³/mol. The molecule has 0 aliphatic carbocycles. The SMILES string of the molecule is CCOC(=O)[C@@H]1[C@H](C(=O)OCC)[C@@H](c2ccccc2)O[C@H]1c1ccccc1. The van der Waals surface area contributed by atoms with Gasteiger partial charge in [0.1, 0.15) is 11.8 Å². The second kappa shape index (κ2) is 8.82. The molecule has 3 rings (SSSR count). The number of esters is 2. The highest BCUT2D eigenvalue weighted by Gasteiger charge is 2.54. The maximum atomic E-state index is 12.8. The minimum atomic E-state index is -0.767. The zero-order valence-electron chi connectivity index (χ0n) is 15.5. The molecule has 0 bridgehead atoms. The lowest BCUT2D eigenvalue weighted by molar-refractivity contribution is -0.159. The molecule has 1 aliphatic rings. The highest BCUT2D eigenvalue weighted by atomic mass is 16.6. The Morgan fingerprint density at radius 1 is 0.741 bits per heavy atom. The molecule has 0 amide bonds. The van der Waals surface area contributed by atoms with Gasteiger partial charge >= 0.3 is 11.9 Å². The molecule has 0 N–H and O–H groups in total. The van der Waals surface area contributed by atoms with Crippen LogP contribution in [0.3, 0.4) is 0 Å². The van der Waals surface area contributed by atoms with Gasteiger partial charge in [-0.05, 0) is 25.0 Å². The van der Waals surface area contributed by atoms with E-state index in [-0.39, 0.29) is 13.2 Å². The van der Waals surface area contributed by atoms with E-state index in [0.29, 0.717) is 0 Å². The second-order valence-corrected chi connectivity index (χ2v) is 6.35. The normalized spacial score (nSPS) is 24.4. The fourth-order valence-electron chi connectivity index (χ4n) is 3.58. The molecule has 1 saturated heterocycles. The number of benzene rings is 2. The molecule has 2 aromatic rings. The third kappa shape index (κ3) is 4.03. The van der Waals surface area contributed by atoms with E-state index >= 15 is 0 Å². The number of rotatable bonds is 6. The topological polar surface area (TPSA) is 61.8 Å². The van der Waals surface area contributed by atoms with Gasteiger partial charge in [-0.25, -0.2) is 0 Å². The van der Waals surface area contributed by atoms with Crippen LogP contribution >= 0.6 is 0 Å².